The Bertz CT molecular complexity index is 1940. The lowest BCUT2D eigenvalue weighted by Gasteiger charge is -2.18. The van der Waals surface area contributed by atoms with Crippen LogP contribution in [0.5, 0.6) is 5.88 Å². The standard InChI is InChI=1S/C27H20F2N8O2/c1-14(37-26-22(25(30)32-13-33-26)24(35-37)16-6-9-20(39-2)31-11-16)23-21(15-4-3-5-17(28)10-15)27(38)36-12-18(29)7-8-19(36)34-23/h3-14H,1-2H3,(H2,30,32,33)/t14-/m1/s1. The van der Waals surface area contributed by atoms with Crippen LogP contribution in [0.2, 0.25) is 0 Å². The van der Waals surface area contributed by atoms with Gasteiger partial charge in [0, 0.05) is 24.0 Å². The van der Waals surface area contributed by atoms with Crippen molar-refractivity contribution >= 4 is 22.5 Å². The summed E-state index contributed by atoms with van der Waals surface area (Å²) in [5.41, 5.74) is 8.10. The molecule has 5 heterocycles. The van der Waals surface area contributed by atoms with Crippen LogP contribution in [0.15, 0.2) is 72.0 Å². The summed E-state index contributed by atoms with van der Waals surface area (Å²) in [5.74, 6) is -0.511. The molecular weight excluding hydrogens is 506 g/mol. The number of fused-ring (bicyclic) bond motifs is 2. The lowest BCUT2D eigenvalue weighted by molar-refractivity contribution is 0.398. The van der Waals surface area contributed by atoms with Gasteiger partial charge in [0.1, 0.15) is 35.1 Å². The zero-order valence-electron chi connectivity index (χ0n) is 20.7. The second-order valence-electron chi connectivity index (χ2n) is 8.78. The van der Waals surface area contributed by atoms with Crippen LogP contribution in [0.1, 0.15) is 18.7 Å². The maximum Gasteiger partial charge on any atom is 0.266 e. The third-order valence-corrected chi connectivity index (χ3v) is 6.43. The van der Waals surface area contributed by atoms with E-state index in [-0.39, 0.29) is 28.3 Å². The van der Waals surface area contributed by atoms with E-state index in [1.165, 1.54) is 43.8 Å². The highest BCUT2D eigenvalue weighted by Crippen LogP contribution is 2.34. The normalized spacial score (nSPS) is 12.2. The summed E-state index contributed by atoms with van der Waals surface area (Å²) in [7, 11) is 1.52. The predicted octanol–water partition coefficient (Wildman–Crippen LogP) is 4.04. The monoisotopic (exact) mass is 526 g/mol. The van der Waals surface area contributed by atoms with Crippen molar-refractivity contribution < 1.29 is 13.5 Å². The van der Waals surface area contributed by atoms with Gasteiger partial charge in [-0.3, -0.25) is 9.20 Å². The molecule has 0 aliphatic rings. The Balaban J connectivity index is 1.63. The van der Waals surface area contributed by atoms with Gasteiger partial charge in [0.2, 0.25) is 5.88 Å². The number of rotatable bonds is 5. The fourth-order valence-corrected chi connectivity index (χ4v) is 4.57. The first-order valence-electron chi connectivity index (χ1n) is 11.8. The molecule has 12 heteroatoms. The molecule has 6 aromatic rings. The number of pyridine rings is 2. The molecule has 0 saturated heterocycles. The van der Waals surface area contributed by atoms with E-state index in [0.717, 1.165) is 10.6 Å². The fourth-order valence-electron chi connectivity index (χ4n) is 4.57. The summed E-state index contributed by atoms with van der Waals surface area (Å²) in [4.78, 5) is 31.2. The summed E-state index contributed by atoms with van der Waals surface area (Å²) in [5, 5.41) is 5.29. The van der Waals surface area contributed by atoms with Crippen LogP contribution in [-0.2, 0) is 0 Å². The average Bonchev–Trinajstić information content (AvgIpc) is 3.34. The molecule has 10 nitrogen and oxygen atoms in total. The molecule has 5 aromatic heterocycles. The van der Waals surface area contributed by atoms with Gasteiger partial charge in [-0.1, -0.05) is 12.1 Å². The van der Waals surface area contributed by atoms with E-state index in [2.05, 4.69) is 15.0 Å². The van der Waals surface area contributed by atoms with Gasteiger partial charge in [-0.25, -0.2) is 33.4 Å². The van der Waals surface area contributed by atoms with Gasteiger partial charge in [0.05, 0.1) is 29.8 Å². The summed E-state index contributed by atoms with van der Waals surface area (Å²) in [6.45, 7) is 1.78. The van der Waals surface area contributed by atoms with Gasteiger partial charge in [0.15, 0.2) is 5.65 Å². The van der Waals surface area contributed by atoms with Gasteiger partial charge in [0.25, 0.3) is 5.56 Å². The minimum atomic E-state index is -0.692. The van der Waals surface area contributed by atoms with Crippen LogP contribution in [0.4, 0.5) is 14.6 Å². The molecule has 194 valence electrons. The molecule has 39 heavy (non-hydrogen) atoms. The highest BCUT2D eigenvalue weighted by molar-refractivity contribution is 5.98. The van der Waals surface area contributed by atoms with Crippen molar-refractivity contribution in [2.45, 2.75) is 13.0 Å². The Hall–Kier alpha value is -5.26. The van der Waals surface area contributed by atoms with E-state index in [9.17, 15) is 13.6 Å². The number of nitrogens with zero attached hydrogens (tertiary/aromatic N) is 7. The van der Waals surface area contributed by atoms with Crippen molar-refractivity contribution in [2.24, 2.45) is 0 Å². The van der Waals surface area contributed by atoms with E-state index in [0.29, 0.717) is 28.2 Å². The third kappa shape index (κ3) is 4.02. The lowest BCUT2D eigenvalue weighted by Crippen LogP contribution is -2.23. The van der Waals surface area contributed by atoms with E-state index in [1.54, 1.807) is 36.0 Å². The molecule has 0 amide bonds. The molecule has 0 aliphatic heterocycles. The predicted molar refractivity (Wildman–Crippen MR) is 140 cm³/mol. The van der Waals surface area contributed by atoms with Crippen molar-refractivity contribution in [2.75, 3.05) is 12.8 Å². The van der Waals surface area contributed by atoms with Crippen LogP contribution >= 0.6 is 0 Å². The number of hydrogen-bond donors (Lipinski definition) is 1. The van der Waals surface area contributed by atoms with Crippen molar-refractivity contribution in [3.05, 3.63) is 94.9 Å². The highest BCUT2D eigenvalue weighted by atomic mass is 19.1. The van der Waals surface area contributed by atoms with Crippen LogP contribution in [0.3, 0.4) is 0 Å². The van der Waals surface area contributed by atoms with Crippen LogP contribution in [-0.4, -0.2) is 41.2 Å². The Morgan fingerprint density at radius 2 is 1.85 bits per heavy atom. The Kier molecular flexibility index (Phi) is 5.71. The maximum absolute atomic E-state index is 14.3. The number of halogens is 2. The van der Waals surface area contributed by atoms with E-state index in [4.69, 9.17) is 20.6 Å². The zero-order valence-corrected chi connectivity index (χ0v) is 20.7. The Labute approximate surface area is 219 Å². The average molecular weight is 527 g/mol. The number of aromatic nitrogens is 7. The first-order valence-corrected chi connectivity index (χ1v) is 11.8. The number of hydrogen-bond acceptors (Lipinski definition) is 8. The lowest BCUT2D eigenvalue weighted by atomic mass is 10.0. The molecule has 0 fully saturated rings. The van der Waals surface area contributed by atoms with Crippen molar-refractivity contribution in [1.29, 1.82) is 0 Å². The van der Waals surface area contributed by atoms with Gasteiger partial charge in [-0.05, 0) is 42.8 Å². The SMILES string of the molecule is COc1ccc(-c2nn([C@H](C)c3nc4ccc(F)cn4c(=O)c3-c3cccc(F)c3)c3ncnc(N)c23)cn1. The number of methoxy groups -OCH3 is 1. The quantitative estimate of drug-likeness (QED) is 0.357. The number of nitrogen functional groups attached to an aromatic ring is 1. The second kappa shape index (κ2) is 9.24. The van der Waals surface area contributed by atoms with E-state index in [1.807, 2.05) is 0 Å². The fraction of sp³-hybridized carbons (Fsp3) is 0.111. The largest absolute Gasteiger partial charge is 0.481 e. The minimum Gasteiger partial charge on any atom is -0.481 e. The maximum atomic E-state index is 14.3. The first-order chi connectivity index (χ1) is 18.9. The molecule has 2 N–H and O–H groups in total. The smallest absolute Gasteiger partial charge is 0.266 e. The molecule has 0 bridgehead atoms. The van der Waals surface area contributed by atoms with Crippen molar-refractivity contribution in [3.8, 4) is 28.3 Å². The third-order valence-electron chi connectivity index (χ3n) is 6.43. The molecule has 0 unspecified atom stereocenters. The van der Waals surface area contributed by atoms with E-state index >= 15 is 0 Å². The topological polar surface area (TPSA) is 126 Å². The number of benzene rings is 1. The van der Waals surface area contributed by atoms with Crippen molar-refractivity contribution in [1.82, 2.24) is 34.1 Å². The zero-order chi connectivity index (χ0) is 27.3. The number of nitrogens with two attached hydrogens (primary N) is 1. The van der Waals surface area contributed by atoms with Crippen LogP contribution < -0.4 is 16.0 Å². The number of anilines is 1. The van der Waals surface area contributed by atoms with Gasteiger partial charge in [-0.15, -0.1) is 0 Å². The van der Waals surface area contributed by atoms with E-state index < -0.39 is 23.2 Å². The summed E-state index contributed by atoms with van der Waals surface area (Å²) < 4.78 is 36.2. The molecule has 0 saturated carbocycles. The summed E-state index contributed by atoms with van der Waals surface area (Å²) in [6, 6.07) is 11.0. The molecule has 1 atom stereocenters. The Morgan fingerprint density at radius 3 is 2.59 bits per heavy atom. The molecule has 1 aromatic carbocycles. The number of ether oxygens (including phenoxy) is 1. The van der Waals surface area contributed by atoms with Crippen LogP contribution in [0, 0.1) is 11.6 Å². The van der Waals surface area contributed by atoms with Gasteiger partial charge in [-0.2, -0.15) is 5.10 Å². The minimum absolute atomic E-state index is 0.100. The summed E-state index contributed by atoms with van der Waals surface area (Å²) >= 11 is 0. The molecule has 0 spiro atoms. The molecule has 0 radical (unpaired) electrons. The van der Waals surface area contributed by atoms with Crippen molar-refractivity contribution in [3.63, 3.8) is 0 Å². The molecule has 6 rings (SSSR count). The second-order valence-corrected chi connectivity index (χ2v) is 8.78. The molecular formula is C27H20F2N8O2. The highest BCUT2D eigenvalue weighted by Gasteiger charge is 2.26. The first kappa shape index (κ1) is 24.1. The van der Waals surface area contributed by atoms with Gasteiger partial charge >= 0.3 is 0 Å². The van der Waals surface area contributed by atoms with Crippen LogP contribution in [0.25, 0.3) is 39.1 Å². The summed E-state index contributed by atoms with van der Waals surface area (Å²) in [6.07, 6.45) is 3.96. The van der Waals surface area contributed by atoms with Gasteiger partial charge < -0.3 is 10.5 Å². The molecule has 0 aliphatic carbocycles. The Morgan fingerprint density at radius 1 is 1.00 bits per heavy atom.